The Bertz CT molecular complexity index is 349. The minimum atomic E-state index is -0.851. The minimum Gasteiger partial charge on any atom is -0.394 e. The summed E-state index contributed by atoms with van der Waals surface area (Å²) in [5, 5.41) is 8.81. The second-order valence-electron chi connectivity index (χ2n) is 3.71. The monoisotopic (exact) mass is 222 g/mol. The molecule has 0 spiro atoms. The van der Waals surface area contributed by atoms with Gasteiger partial charge in [0.2, 0.25) is 5.91 Å². The molecule has 1 aromatic rings. The van der Waals surface area contributed by atoms with E-state index in [0.29, 0.717) is 0 Å². The molecule has 1 unspecified atom stereocenters. The molecular weight excluding hydrogens is 204 g/mol. The third kappa shape index (κ3) is 2.81. The zero-order valence-electron chi connectivity index (χ0n) is 9.68. The Kier molecular flexibility index (Phi) is 4.46. The van der Waals surface area contributed by atoms with E-state index in [0.717, 1.165) is 12.1 Å². The van der Waals surface area contributed by atoms with Crippen LogP contribution in [0.15, 0.2) is 24.3 Å². The van der Waals surface area contributed by atoms with Crippen LogP contribution in [-0.2, 0) is 11.2 Å². The first-order valence-corrected chi connectivity index (χ1v) is 5.33. The highest BCUT2D eigenvalue weighted by Gasteiger charge is 2.17. The number of carbonyl (C=O) groups excluding carboxylic acids is 1. The highest BCUT2D eigenvalue weighted by Crippen LogP contribution is 2.14. The molecule has 0 heterocycles. The summed E-state index contributed by atoms with van der Waals surface area (Å²) >= 11 is 0. The van der Waals surface area contributed by atoms with Gasteiger partial charge in [-0.25, -0.2) is 0 Å². The fourth-order valence-electron chi connectivity index (χ4n) is 1.41. The number of anilines is 1. The number of carbonyl (C=O) groups is 1. The van der Waals surface area contributed by atoms with Crippen LogP contribution < -0.4 is 10.6 Å². The SMILES string of the molecule is CCc1ccc(N(C)C(=O)C(N)CO)cc1. The molecule has 3 N–H and O–H groups in total. The first kappa shape index (κ1) is 12.7. The Labute approximate surface area is 95.7 Å². The minimum absolute atomic E-state index is 0.285. The second kappa shape index (κ2) is 5.63. The molecule has 1 amide bonds. The summed E-state index contributed by atoms with van der Waals surface area (Å²) in [7, 11) is 1.65. The first-order valence-electron chi connectivity index (χ1n) is 5.33. The standard InChI is InChI=1S/C12H18N2O2/c1-3-9-4-6-10(7-5-9)14(2)12(16)11(13)8-15/h4-7,11,15H,3,8,13H2,1-2H3. The molecule has 1 atom stereocenters. The molecule has 0 aliphatic rings. The number of aliphatic hydroxyl groups is 1. The molecule has 0 fully saturated rings. The van der Waals surface area contributed by atoms with Gasteiger partial charge in [0.1, 0.15) is 6.04 Å². The topological polar surface area (TPSA) is 66.6 Å². The molecule has 0 bridgehead atoms. The van der Waals surface area contributed by atoms with Gasteiger partial charge in [0, 0.05) is 12.7 Å². The molecule has 1 rings (SSSR count). The van der Waals surface area contributed by atoms with Crippen molar-refractivity contribution in [2.45, 2.75) is 19.4 Å². The van der Waals surface area contributed by atoms with E-state index in [9.17, 15) is 4.79 Å². The van der Waals surface area contributed by atoms with E-state index in [-0.39, 0.29) is 12.5 Å². The van der Waals surface area contributed by atoms with Crippen molar-refractivity contribution in [2.24, 2.45) is 5.73 Å². The molecule has 16 heavy (non-hydrogen) atoms. The highest BCUT2D eigenvalue weighted by molar-refractivity contribution is 5.96. The second-order valence-corrected chi connectivity index (χ2v) is 3.71. The summed E-state index contributed by atoms with van der Waals surface area (Å²) in [6, 6.07) is 6.85. The fraction of sp³-hybridized carbons (Fsp3) is 0.417. The van der Waals surface area contributed by atoms with E-state index in [1.165, 1.54) is 10.5 Å². The summed E-state index contributed by atoms with van der Waals surface area (Å²) in [4.78, 5) is 13.1. The lowest BCUT2D eigenvalue weighted by Gasteiger charge is -2.20. The summed E-state index contributed by atoms with van der Waals surface area (Å²) in [6.45, 7) is 1.74. The number of hydrogen-bond donors (Lipinski definition) is 2. The van der Waals surface area contributed by atoms with Gasteiger partial charge in [-0.15, -0.1) is 0 Å². The number of nitrogens with two attached hydrogens (primary N) is 1. The van der Waals surface area contributed by atoms with Crippen molar-refractivity contribution >= 4 is 11.6 Å². The van der Waals surface area contributed by atoms with Crippen LogP contribution in [0.25, 0.3) is 0 Å². The number of amides is 1. The predicted molar refractivity (Wildman–Crippen MR) is 64.3 cm³/mol. The van der Waals surface area contributed by atoms with Gasteiger partial charge in [-0.3, -0.25) is 4.79 Å². The number of nitrogens with zero attached hydrogens (tertiary/aromatic N) is 1. The lowest BCUT2D eigenvalue weighted by molar-refractivity contribution is -0.120. The van der Waals surface area contributed by atoms with Crippen LogP contribution in [0.1, 0.15) is 12.5 Å². The van der Waals surface area contributed by atoms with Gasteiger partial charge in [-0.1, -0.05) is 19.1 Å². The zero-order valence-corrected chi connectivity index (χ0v) is 9.68. The largest absolute Gasteiger partial charge is 0.394 e. The van der Waals surface area contributed by atoms with Gasteiger partial charge in [-0.2, -0.15) is 0 Å². The zero-order chi connectivity index (χ0) is 12.1. The van der Waals surface area contributed by atoms with Gasteiger partial charge in [0.25, 0.3) is 0 Å². The van der Waals surface area contributed by atoms with Crippen LogP contribution in [0, 0.1) is 0 Å². The van der Waals surface area contributed by atoms with E-state index in [1.54, 1.807) is 7.05 Å². The maximum atomic E-state index is 11.7. The molecule has 0 aliphatic heterocycles. The lowest BCUT2D eigenvalue weighted by Crippen LogP contribution is -2.44. The Morgan fingerprint density at radius 3 is 2.44 bits per heavy atom. The van der Waals surface area contributed by atoms with Crippen molar-refractivity contribution in [3.8, 4) is 0 Å². The average Bonchev–Trinajstić information content (AvgIpc) is 2.36. The number of benzene rings is 1. The summed E-state index contributed by atoms with van der Waals surface area (Å²) in [5.41, 5.74) is 7.47. The molecule has 88 valence electrons. The van der Waals surface area contributed by atoms with Crippen molar-refractivity contribution in [3.05, 3.63) is 29.8 Å². The van der Waals surface area contributed by atoms with E-state index in [4.69, 9.17) is 10.8 Å². The van der Waals surface area contributed by atoms with E-state index in [2.05, 4.69) is 6.92 Å². The molecule has 0 aliphatic carbocycles. The number of aliphatic hydroxyl groups excluding tert-OH is 1. The number of aryl methyl sites for hydroxylation is 1. The molecule has 4 heteroatoms. The number of rotatable bonds is 4. The van der Waals surface area contributed by atoms with Crippen molar-refractivity contribution in [2.75, 3.05) is 18.6 Å². The third-order valence-corrected chi connectivity index (χ3v) is 2.58. The van der Waals surface area contributed by atoms with E-state index in [1.807, 2.05) is 24.3 Å². The maximum absolute atomic E-state index is 11.7. The summed E-state index contributed by atoms with van der Waals surface area (Å²) in [6.07, 6.45) is 0.966. The van der Waals surface area contributed by atoms with Crippen LogP contribution >= 0.6 is 0 Å². The van der Waals surface area contributed by atoms with Gasteiger partial charge in [-0.05, 0) is 24.1 Å². The average molecular weight is 222 g/mol. The quantitative estimate of drug-likeness (QED) is 0.781. The van der Waals surface area contributed by atoms with Gasteiger partial charge >= 0.3 is 0 Å². The number of likely N-dealkylation sites (N-methyl/N-ethyl adjacent to an activating group) is 1. The summed E-state index contributed by atoms with van der Waals surface area (Å²) in [5.74, 6) is -0.285. The van der Waals surface area contributed by atoms with Crippen LogP contribution in [0.5, 0.6) is 0 Å². The molecule has 0 saturated carbocycles. The Morgan fingerprint density at radius 2 is 2.00 bits per heavy atom. The predicted octanol–water partition coefficient (Wildman–Crippen LogP) is 0.531. The van der Waals surface area contributed by atoms with Crippen molar-refractivity contribution < 1.29 is 9.90 Å². The molecule has 0 radical (unpaired) electrons. The van der Waals surface area contributed by atoms with Crippen LogP contribution in [-0.4, -0.2) is 30.7 Å². The lowest BCUT2D eigenvalue weighted by atomic mass is 10.1. The molecule has 1 aromatic carbocycles. The van der Waals surface area contributed by atoms with Crippen molar-refractivity contribution in [1.82, 2.24) is 0 Å². The molecular formula is C12H18N2O2. The molecule has 0 aromatic heterocycles. The number of hydrogen-bond acceptors (Lipinski definition) is 3. The molecule has 4 nitrogen and oxygen atoms in total. The van der Waals surface area contributed by atoms with E-state index < -0.39 is 6.04 Å². The van der Waals surface area contributed by atoms with Gasteiger partial charge < -0.3 is 15.7 Å². The Hall–Kier alpha value is -1.39. The normalized spacial score (nSPS) is 12.2. The summed E-state index contributed by atoms with van der Waals surface area (Å²) < 4.78 is 0. The van der Waals surface area contributed by atoms with Crippen LogP contribution in [0.3, 0.4) is 0 Å². The Morgan fingerprint density at radius 1 is 1.44 bits per heavy atom. The van der Waals surface area contributed by atoms with E-state index >= 15 is 0 Å². The first-order chi connectivity index (χ1) is 7.60. The third-order valence-electron chi connectivity index (χ3n) is 2.58. The molecule has 0 saturated heterocycles. The van der Waals surface area contributed by atoms with Crippen LogP contribution in [0.2, 0.25) is 0 Å². The maximum Gasteiger partial charge on any atom is 0.246 e. The van der Waals surface area contributed by atoms with Crippen molar-refractivity contribution in [1.29, 1.82) is 0 Å². The Balaban J connectivity index is 2.79. The van der Waals surface area contributed by atoms with Gasteiger partial charge in [0.05, 0.1) is 6.61 Å². The highest BCUT2D eigenvalue weighted by atomic mass is 16.3. The fourth-order valence-corrected chi connectivity index (χ4v) is 1.41. The van der Waals surface area contributed by atoms with Crippen molar-refractivity contribution in [3.63, 3.8) is 0 Å². The van der Waals surface area contributed by atoms with Crippen LogP contribution in [0.4, 0.5) is 5.69 Å². The van der Waals surface area contributed by atoms with Gasteiger partial charge in [0.15, 0.2) is 0 Å². The smallest absolute Gasteiger partial charge is 0.246 e.